The normalized spacial score (nSPS) is 11.7. The van der Waals surface area contributed by atoms with Crippen LogP contribution in [0.25, 0.3) is 0 Å². The van der Waals surface area contributed by atoms with Crippen LogP contribution >= 0.6 is 0 Å². The third-order valence-corrected chi connectivity index (χ3v) is 6.00. The summed E-state index contributed by atoms with van der Waals surface area (Å²) in [5.41, 5.74) is 1.46. The number of sulfonamides is 1. The zero-order valence-corrected chi connectivity index (χ0v) is 18.5. The summed E-state index contributed by atoms with van der Waals surface area (Å²) in [4.78, 5) is 12.0. The molecule has 0 aliphatic heterocycles. The Hall–Kier alpha value is -3.53. The lowest BCUT2D eigenvalue weighted by Gasteiger charge is -2.12. The third kappa shape index (κ3) is 6.48. The number of amides is 1. The Labute approximate surface area is 189 Å². The molecule has 0 aromatic heterocycles. The van der Waals surface area contributed by atoms with Crippen molar-refractivity contribution in [3.8, 4) is 5.75 Å². The van der Waals surface area contributed by atoms with Crippen LogP contribution in [0.2, 0.25) is 0 Å². The number of carbonyl (C=O) groups is 1. The van der Waals surface area contributed by atoms with Gasteiger partial charge in [-0.1, -0.05) is 23.8 Å². The van der Waals surface area contributed by atoms with E-state index in [-0.39, 0.29) is 28.8 Å². The molecule has 0 saturated carbocycles. The Morgan fingerprint density at radius 3 is 2.30 bits per heavy atom. The van der Waals surface area contributed by atoms with E-state index in [2.05, 4.69) is 10.0 Å². The fourth-order valence-corrected chi connectivity index (χ4v) is 4.03. The molecule has 0 saturated heterocycles. The number of anilines is 2. The smallest absolute Gasteiger partial charge is 0.416 e. The molecule has 0 heterocycles. The summed E-state index contributed by atoms with van der Waals surface area (Å²) in [5.74, 6) is -0.131. The first kappa shape index (κ1) is 24.1. The number of hydrogen-bond acceptors (Lipinski definition) is 4. The summed E-state index contributed by atoms with van der Waals surface area (Å²) in [5, 5.41) is 2.74. The van der Waals surface area contributed by atoms with E-state index in [0.717, 1.165) is 23.3 Å². The van der Waals surface area contributed by atoms with Gasteiger partial charge in [0.25, 0.3) is 15.9 Å². The number of nitrogens with one attached hydrogen (secondary N) is 2. The average molecular weight is 478 g/mol. The van der Waals surface area contributed by atoms with Gasteiger partial charge in [0.1, 0.15) is 5.75 Å². The highest BCUT2D eigenvalue weighted by Gasteiger charge is 2.30. The van der Waals surface area contributed by atoms with E-state index in [1.54, 1.807) is 6.07 Å². The lowest BCUT2D eigenvalue weighted by Crippen LogP contribution is -2.20. The molecule has 0 fully saturated rings. The van der Waals surface area contributed by atoms with Crippen molar-refractivity contribution in [3.05, 3.63) is 83.4 Å². The zero-order valence-electron chi connectivity index (χ0n) is 17.7. The highest BCUT2D eigenvalue weighted by atomic mass is 32.2. The van der Waals surface area contributed by atoms with Gasteiger partial charge in [-0.15, -0.1) is 0 Å². The van der Waals surface area contributed by atoms with Crippen molar-refractivity contribution >= 4 is 27.3 Å². The standard InChI is InChI=1S/C23H21F3N2O4S/c1-15-6-11-21(16(2)12-15)27-22(29)14-32-19-7-9-20(10-8-19)33(30,31)28-18-5-3-4-17(13-18)23(24,25)26/h3-13,28H,14H2,1-2H3,(H,27,29). The van der Waals surface area contributed by atoms with Gasteiger partial charge in [0.15, 0.2) is 6.61 Å². The van der Waals surface area contributed by atoms with Crippen molar-refractivity contribution in [2.45, 2.75) is 24.9 Å². The van der Waals surface area contributed by atoms with E-state index in [9.17, 15) is 26.4 Å². The van der Waals surface area contributed by atoms with E-state index in [4.69, 9.17) is 4.74 Å². The molecule has 174 valence electrons. The number of halogens is 3. The van der Waals surface area contributed by atoms with Crippen LogP contribution in [0.1, 0.15) is 16.7 Å². The minimum Gasteiger partial charge on any atom is -0.484 e. The summed E-state index contributed by atoms with van der Waals surface area (Å²) in [6.07, 6.45) is -4.59. The maximum atomic E-state index is 12.8. The van der Waals surface area contributed by atoms with Crippen molar-refractivity contribution in [2.24, 2.45) is 0 Å². The quantitative estimate of drug-likeness (QED) is 0.493. The highest BCUT2D eigenvalue weighted by Crippen LogP contribution is 2.31. The number of alkyl halides is 3. The molecule has 33 heavy (non-hydrogen) atoms. The van der Waals surface area contributed by atoms with E-state index < -0.39 is 21.8 Å². The first-order valence-corrected chi connectivity index (χ1v) is 11.2. The van der Waals surface area contributed by atoms with Crippen molar-refractivity contribution in [1.29, 1.82) is 0 Å². The molecule has 3 rings (SSSR count). The van der Waals surface area contributed by atoms with Crippen LogP contribution in [0.4, 0.5) is 24.5 Å². The van der Waals surface area contributed by atoms with Crippen LogP contribution in [0.5, 0.6) is 5.75 Å². The fourth-order valence-electron chi connectivity index (χ4n) is 2.98. The second kappa shape index (κ2) is 9.53. The van der Waals surface area contributed by atoms with Crippen molar-refractivity contribution < 1.29 is 31.1 Å². The van der Waals surface area contributed by atoms with Gasteiger partial charge < -0.3 is 10.1 Å². The van der Waals surface area contributed by atoms with Crippen LogP contribution in [0, 0.1) is 13.8 Å². The molecule has 3 aromatic rings. The number of benzene rings is 3. The minimum atomic E-state index is -4.59. The monoisotopic (exact) mass is 478 g/mol. The van der Waals surface area contributed by atoms with E-state index in [1.165, 1.54) is 30.3 Å². The minimum absolute atomic E-state index is 0.174. The molecule has 0 aliphatic rings. The van der Waals surface area contributed by atoms with Crippen molar-refractivity contribution in [2.75, 3.05) is 16.6 Å². The Bertz CT molecular complexity index is 1260. The van der Waals surface area contributed by atoms with Gasteiger partial charge in [-0.05, 0) is 67.9 Å². The van der Waals surface area contributed by atoms with Crippen LogP contribution in [0.15, 0.2) is 71.6 Å². The van der Waals surface area contributed by atoms with Crippen molar-refractivity contribution in [3.63, 3.8) is 0 Å². The maximum Gasteiger partial charge on any atom is 0.416 e. The van der Waals surface area contributed by atoms with Crippen LogP contribution < -0.4 is 14.8 Å². The topological polar surface area (TPSA) is 84.5 Å². The van der Waals surface area contributed by atoms with E-state index in [0.29, 0.717) is 11.8 Å². The number of ether oxygens (including phenoxy) is 1. The molecule has 0 radical (unpaired) electrons. The predicted octanol–water partition coefficient (Wildman–Crippen LogP) is 5.14. The predicted molar refractivity (Wildman–Crippen MR) is 119 cm³/mol. The van der Waals surface area contributed by atoms with Crippen LogP contribution in [0.3, 0.4) is 0 Å². The van der Waals surface area contributed by atoms with Crippen LogP contribution in [-0.2, 0) is 21.0 Å². The maximum absolute atomic E-state index is 12.8. The number of rotatable bonds is 7. The zero-order chi connectivity index (χ0) is 24.2. The molecular weight excluding hydrogens is 457 g/mol. The second-order valence-electron chi connectivity index (χ2n) is 7.31. The molecule has 1 amide bonds. The van der Waals surface area contributed by atoms with Crippen LogP contribution in [-0.4, -0.2) is 20.9 Å². The lowest BCUT2D eigenvalue weighted by atomic mass is 10.1. The molecule has 2 N–H and O–H groups in total. The fraction of sp³-hybridized carbons (Fsp3) is 0.174. The molecule has 0 bridgehead atoms. The Morgan fingerprint density at radius 1 is 0.970 bits per heavy atom. The Kier molecular flexibility index (Phi) is 6.97. The lowest BCUT2D eigenvalue weighted by molar-refractivity contribution is -0.137. The SMILES string of the molecule is Cc1ccc(NC(=O)COc2ccc(S(=O)(=O)Nc3cccc(C(F)(F)F)c3)cc2)c(C)c1. The Balaban J connectivity index is 1.61. The molecule has 0 spiro atoms. The Morgan fingerprint density at radius 2 is 1.67 bits per heavy atom. The number of aryl methyl sites for hydroxylation is 2. The highest BCUT2D eigenvalue weighted by molar-refractivity contribution is 7.92. The van der Waals surface area contributed by atoms with E-state index >= 15 is 0 Å². The number of carbonyl (C=O) groups excluding carboxylic acids is 1. The van der Waals surface area contributed by atoms with Gasteiger partial charge >= 0.3 is 6.18 Å². The molecule has 6 nitrogen and oxygen atoms in total. The molecule has 0 aliphatic carbocycles. The molecule has 10 heteroatoms. The summed E-state index contributed by atoms with van der Waals surface area (Å²) < 4.78 is 71.0. The summed E-state index contributed by atoms with van der Waals surface area (Å²) in [6.45, 7) is 3.53. The van der Waals surface area contributed by atoms with Gasteiger partial charge in [0.05, 0.1) is 10.5 Å². The summed E-state index contributed by atoms with van der Waals surface area (Å²) in [7, 11) is -4.12. The first-order valence-electron chi connectivity index (χ1n) is 9.74. The first-order chi connectivity index (χ1) is 15.4. The average Bonchev–Trinajstić information content (AvgIpc) is 2.74. The van der Waals surface area contributed by atoms with Gasteiger partial charge in [0, 0.05) is 11.4 Å². The molecule has 0 unspecified atom stereocenters. The number of hydrogen-bond donors (Lipinski definition) is 2. The van der Waals surface area contributed by atoms with Gasteiger partial charge in [-0.2, -0.15) is 13.2 Å². The van der Waals surface area contributed by atoms with Gasteiger partial charge in [0.2, 0.25) is 0 Å². The van der Waals surface area contributed by atoms with E-state index in [1.807, 2.05) is 26.0 Å². The van der Waals surface area contributed by atoms with Gasteiger partial charge in [-0.25, -0.2) is 8.42 Å². The molecule has 0 atom stereocenters. The summed E-state index contributed by atoms with van der Waals surface area (Å²) in [6, 6.07) is 14.7. The second-order valence-corrected chi connectivity index (χ2v) is 8.99. The van der Waals surface area contributed by atoms with Gasteiger partial charge in [-0.3, -0.25) is 9.52 Å². The summed E-state index contributed by atoms with van der Waals surface area (Å²) >= 11 is 0. The third-order valence-electron chi connectivity index (χ3n) is 4.60. The molecule has 3 aromatic carbocycles. The molecular formula is C23H21F3N2O4S. The van der Waals surface area contributed by atoms with Crippen molar-refractivity contribution in [1.82, 2.24) is 0 Å². The largest absolute Gasteiger partial charge is 0.484 e.